The summed E-state index contributed by atoms with van der Waals surface area (Å²) in [6, 6.07) is 1.40. The molecule has 0 spiro atoms. The van der Waals surface area contributed by atoms with Gasteiger partial charge in [-0.25, -0.2) is 15.8 Å². The van der Waals surface area contributed by atoms with Gasteiger partial charge in [0.15, 0.2) is 0 Å². The molecule has 8 heteroatoms. The van der Waals surface area contributed by atoms with Crippen LogP contribution in [-0.4, -0.2) is 23.1 Å². The van der Waals surface area contributed by atoms with E-state index in [-0.39, 0.29) is 11.6 Å². The van der Waals surface area contributed by atoms with Crippen LogP contribution in [0.1, 0.15) is 26.6 Å². The number of aromatic nitrogens is 2. The molecule has 19 heavy (non-hydrogen) atoms. The molecule has 0 aromatic carbocycles. The summed E-state index contributed by atoms with van der Waals surface area (Å²) in [5, 5.41) is 0. The number of nitrogens with two attached hydrogens (primary N) is 1. The fraction of sp³-hybridized carbons (Fsp3) is 0.636. The molecule has 1 heterocycles. The van der Waals surface area contributed by atoms with E-state index < -0.39 is 12.0 Å². The second kappa shape index (κ2) is 6.05. The molecule has 0 bridgehead atoms. The Balaban J connectivity index is 3.18. The summed E-state index contributed by atoms with van der Waals surface area (Å²) in [5.74, 6) is 4.42. The molecule has 0 unspecified atom stereocenters. The Morgan fingerprint density at radius 2 is 2.00 bits per heavy atom. The van der Waals surface area contributed by atoms with Crippen LogP contribution in [0.2, 0.25) is 0 Å². The van der Waals surface area contributed by atoms with Crippen molar-refractivity contribution in [1.82, 2.24) is 9.97 Å². The van der Waals surface area contributed by atoms with Crippen molar-refractivity contribution >= 4 is 11.6 Å². The zero-order valence-corrected chi connectivity index (χ0v) is 11.1. The smallest absolute Gasteiger partial charge is 0.356 e. The molecule has 0 fully saturated rings. The van der Waals surface area contributed by atoms with Crippen LogP contribution >= 0.6 is 0 Å². The molecular weight excluding hydrogens is 259 g/mol. The Bertz CT molecular complexity index is 419. The van der Waals surface area contributed by atoms with Crippen molar-refractivity contribution in [2.75, 3.05) is 23.4 Å². The maximum Gasteiger partial charge on any atom is 0.451 e. The highest BCUT2D eigenvalue weighted by Crippen LogP contribution is 2.29. The van der Waals surface area contributed by atoms with Gasteiger partial charge >= 0.3 is 6.18 Å². The van der Waals surface area contributed by atoms with Crippen LogP contribution in [0.5, 0.6) is 0 Å². The van der Waals surface area contributed by atoms with Crippen LogP contribution in [-0.2, 0) is 6.18 Å². The average molecular weight is 277 g/mol. The zero-order chi connectivity index (χ0) is 14.6. The van der Waals surface area contributed by atoms with Crippen molar-refractivity contribution in [1.29, 1.82) is 0 Å². The van der Waals surface area contributed by atoms with Crippen molar-refractivity contribution in [3.05, 3.63) is 11.9 Å². The normalized spacial score (nSPS) is 11.8. The Morgan fingerprint density at radius 3 is 2.42 bits per heavy atom. The zero-order valence-electron chi connectivity index (χ0n) is 11.1. The first kappa shape index (κ1) is 15.5. The highest BCUT2D eigenvalue weighted by molar-refractivity contribution is 5.49. The number of hydrazine groups is 1. The van der Waals surface area contributed by atoms with Gasteiger partial charge in [0.1, 0.15) is 11.6 Å². The first-order valence-electron chi connectivity index (χ1n) is 5.95. The van der Waals surface area contributed by atoms with E-state index in [9.17, 15) is 13.2 Å². The minimum atomic E-state index is -4.60. The molecular formula is C11H18F3N5. The Morgan fingerprint density at radius 1 is 1.37 bits per heavy atom. The minimum Gasteiger partial charge on any atom is -0.356 e. The number of halogens is 3. The van der Waals surface area contributed by atoms with Crippen molar-refractivity contribution in [2.24, 2.45) is 11.8 Å². The first-order chi connectivity index (χ1) is 8.77. The van der Waals surface area contributed by atoms with Crippen LogP contribution in [0, 0.1) is 5.92 Å². The molecule has 108 valence electrons. The van der Waals surface area contributed by atoms with E-state index in [2.05, 4.69) is 15.4 Å². The predicted octanol–water partition coefficient (Wildman–Crippen LogP) is 2.26. The molecule has 0 saturated carbocycles. The van der Waals surface area contributed by atoms with Crippen molar-refractivity contribution in [2.45, 2.75) is 26.9 Å². The number of anilines is 2. The highest BCUT2D eigenvalue weighted by atomic mass is 19.4. The maximum absolute atomic E-state index is 12.7. The molecule has 0 saturated heterocycles. The van der Waals surface area contributed by atoms with Crippen molar-refractivity contribution in [3.63, 3.8) is 0 Å². The molecule has 5 nitrogen and oxygen atoms in total. The van der Waals surface area contributed by atoms with E-state index in [0.29, 0.717) is 19.0 Å². The maximum atomic E-state index is 12.7. The van der Waals surface area contributed by atoms with E-state index in [4.69, 9.17) is 5.84 Å². The lowest BCUT2D eigenvalue weighted by Gasteiger charge is -2.24. The van der Waals surface area contributed by atoms with Gasteiger partial charge in [-0.2, -0.15) is 13.2 Å². The van der Waals surface area contributed by atoms with Crippen molar-refractivity contribution < 1.29 is 13.2 Å². The summed E-state index contributed by atoms with van der Waals surface area (Å²) in [6.07, 6.45) is -4.60. The van der Waals surface area contributed by atoms with Crippen LogP contribution < -0.4 is 16.2 Å². The number of nitrogen functional groups attached to an aromatic ring is 1. The van der Waals surface area contributed by atoms with E-state index in [1.54, 1.807) is 4.90 Å². The third kappa shape index (κ3) is 4.23. The molecule has 0 aliphatic rings. The van der Waals surface area contributed by atoms with E-state index in [0.717, 1.165) is 0 Å². The molecule has 0 aliphatic carbocycles. The van der Waals surface area contributed by atoms with Crippen LogP contribution in [0.4, 0.5) is 24.8 Å². The number of rotatable bonds is 5. The lowest BCUT2D eigenvalue weighted by atomic mass is 10.2. The fourth-order valence-electron chi connectivity index (χ4n) is 1.62. The Kier molecular flexibility index (Phi) is 4.93. The minimum absolute atomic E-state index is 0.0560. The second-order valence-corrected chi connectivity index (χ2v) is 4.51. The van der Waals surface area contributed by atoms with Gasteiger partial charge < -0.3 is 10.3 Å². The number of hydrogen-bond donors (Lipinski definition) is 2. The highest BCUT2D eigenvalue weighted by Gasteiger charge is 2.35. The molecule has 1 aromatic heterocycles. The first-order valence-corrected chi connectivity index (χ1v) is 5.95. The predicted molar refractivity (Wildman–Crippen MR) is 67.6 cm³/mol. The molecule has 0 atom stereocenters. The van der Waals surface area contributed by atoms with Gasteiger partial charge in [-0.05, 0) is 12.8 Å². The quantitative estimate of drug-likeness (QED) is 0.638. The summed E-state index contributed by atoms with van der Waals surface area (Å²) in [4.78, 5) is 8.64. The van der Waals surface area contributed by atoms with Gasteiger partial charge in [0.2, 0.25) is 5.82 Å². The van der Waals surface area contributed by atoms with Crippen LogP contribution in [0.25, 0.3) is 0 Å². The summed E-state index contributed by atoms with van der Waals surface area (Å²) in [7, 11) is 0. The van der Waals surface area contributed by atoms with Gasteiger partial charge in [0, 0.05) is 19.2 Å². The van der Waals surface area contributed by atoms with Crippen LogP contribution in [0.15, 0.2) is 6.07 Å². The van der Waals surface area contributed by atoms with E-state index in [1.165, 1.54) is 6.07 Å². The number of alkyl halides is 3. The third-order valence-corrected chi connectivity index (χ3v) is 2.41. The molecule has 3 N–H and O–H groups in total. The monoisotopic (exact) mass is 277 g/mol. The molecule has 1 aromatic rings. The molecule has 1 rings (SSSR count). The standard InChI is InChI=1S/C11H18F3N5/c1-4-19(6-7(2)3)9-5-8(18-15)16-10(17-9)11(12,13)14/h5,7H,4,6,15H2,1-3H3,(H,16,17,18). The number of nitrogens with one attached hydrogen (secondary N) is 1. The Labute approximate surface area is 110 Å². The van der Waals surface area contributed by atoms with Crippen molar-refractivity contribution in [3.8, 4) is 0 Å². The lowest BCUT2D eigenvalue weighted by Crippen LogP contribution is -2.29. The van der Waals surface area contributed by atoms with E-state index >= 15 is 0 Å². The summed E-state index contributed by atoms with van der Waals surface area (Å²) >= 11 is 0. The summed E-state index contributed by atoms with van der Waals surface area (Å²) in [6.45, 7) is 6.98. The Hall–Kier alpha value is -1.57. The molecule has 0 amide bonds. The second-order valence-electron chi connectivity index (χ2n) is 4.51. The average Bonchev–Trinajstić information content (AvgIpc) is 2.34. The van der Waals surface area contributed by atoms with Gasteiger partial charge in [-0.15, -0.1) is 0 Å². The summed E-state index contributed by atoms with van der Waals surface area (Å²) < 4.78 is 38.1. The van der Waals surface area contributed by atoms with Gasteiger partial charge in [-0.1, -0.05) is 13.8 Å². The topological polar surface area (TPSA) is 67.1 Å². The van der Waals surface area contributed by atoms with Gasteiger partial charge in [0.05, 0.1) is 0 Å². The van der Waals surface area contributed by atoms with E-state index in [1.807, 2.05) is 20.8 Å². The fourth-order valence-corrected chi connectivity index (χ4v) is 1.62. The SMILES string of the molecule is CCN(CC(C)C)c1cc(NN)nc(C(F)(F)F)n1. The largest absolute Gasteiger partial charge is 0.451 e. The lowest BCUT2D eigenvalue weighted by molar-refractivity contribution is -0.144. The third-order valence-electron chi connectivity index (χ3n) is 2.41. The van der Waals surface area contributed by atoms with Crippen LogP contribution in [0.3, 0.4) is 0 Å². The number of hydrogen-bond acceptors (Lipinski definition) is 5. The molecule has 0 radical (unpaired) electrons. The molecule has 0 aliphatic heterocycles. The number of nitrogens with zero attached hydrogens (tertiary/aromatic N) is 3. The van der Waals surface area contributed by atoms with Gasteiger partial charge in [-0.3, -0.25) is 0 Å². The summed E-state index contributed by atoms with van der Waals surface area (Å²) in [5.41, 5.74) is 2.13. The van der Waals surface area contributed by atoms with Gasteiger partial charge in [0.25, 0.3) is 0 Å².